The van der Waals surface area contributed by atoms with E-state index in [1.54, 1.807) is 4.90 Å². The first kappa shape index (κ1) is 13.1. The molecule has 0 saturated carbocycles. The van der Waals surface area contributed by atoms with Crippen LogP contribution >= 0.6 is 0 Å². The van der Waals surface area contributed by atoms with Crippen LogP contribution in [0.15, 0.2) is 36.4 Å². The van der Waals surface area contributed by atoms with Crippen molar-refractivity contribution in [3.63, 3.8) is 0 Å². The molecule has 0 fully saturated rings. The molecule has 0 saturated heterocycles. The van der Waals surface area contributed by atoms with Gasteiger partial charge in [-0.3, -0.25) is 4.79 Å². The summed E-state index contributed by atoms with van der Waals surface area (Å²) in [6.45, 7) is 1.28. The Morgan fingerprint density at radius 2 is 2.00 bits per heavy atom. The van der Waals surface area contributed by atoms with Gasteiger partial charge in [0.2, 0.25) is 0 Å². The number of aliphatic carboxylic acids is 1. The molecular weight excluding hydrogens is 244 g/mol. The predicted molar refractivity (Wildman–Crippen MR) is 71.6 cm³/mol. The third kappa shape index (κ3) is 3.58. The maximum absolute atomic E-state index is 11.8. The van der Waals surface area contributed by atoms with Crippen molar-refractivity contribution in [3.05, 3.63) is 42.0 Å². The molecular formula is C14H16N2O3. The monoisotopic (exact) mass is 260 g/mol. The number of carbonyl (C=O) groups is 2. The molecule has 2 N–H and O–H groups in total. The number of hydrogen-bond acceptors (Lipinski definition) is 2. The SMILES string of the molecule is O=C(O)CCNC(=O)N1CC=C(c2ccccc2)C1. The van der Waals surface area contributed by atoms with Crippen molar-refractivity contribution < 1.29 is 14.7 Å². The fraction of sp³-hybridized carbons (Fsp3) is 0.286. The summed E-state index contributed by atoms with van der Waals surface area (Å²) in [6.07, 6.45) is 1.96. The molecule has 5 nitrogen and oxygen atoms in total. The predicted octanol–water partition coefficient (Wildman–Crippen LogP) is 1.57. The molecule has 1 aliphatic rings. The summed E-state index contributed by atoms with van der Waals surface area (Å²) < 4.78 is 0. The number of carboxylic acids is 1. The highest BCUT2D eigenvalue weighted by molar-refractivity contribution is 5.81. The van der Waals surface area contributed by atoms with Crippen molar-refractivity contribution >= 4 is 17.6 Å². The number of nitrogens with zero attached hydrogens (tertiary/aromatic N) is 1. The number of rotatable bonds is 4. The summed E-state index contributed by atoms with van der Waals surface area (Å²) in [6, 6.07) is 9.69. The molecule has 19 heavy (non-hydrogen) atoms. The Morgan fingerprint density at radius 1 is 1.26 bits per heavy atom. The van der Waals surface area contributed by atoms with Crippen molar-refractivity contribution in [2.24, 2.45) is 0 Å². The molecule has 0 atom stereocenters. The summed E-state index contributed by atoms with van der Waals surface area (Å²) in [7, 11) is 0. The first-order valence-electron chi connectivity index (χ1n) is 6.16. The van der Waals surface area contributed by atoms with E-state index in [-0.39, 0.29) is 19.0 Å². The number of carboxylic acid groups (broad SMARTS) is 1. The van der Waals surface area contributed by atoms with Gasteiger partial charge in [0.1, 0.15) is 0 Å². The summed E-state index contributed by atoms with van der Waals surface area (Å²) >= 11 is 0. The van der Waals surface area contributed by atoms with E-state index in [1.165, 1.54) is 0 Å². The van der Waals surface area contributed by atoms with E-state index in [0.29, 0.717) is 13.1 Å². The van der Waals surface area contributed by atoms with E-state index in [1.807, 2.05) is 36.4 Å². The van der Waals surface area contributed by atoms with Crippen LogP contribution in [0.2, 0.25) is 0 Å². The molecule has 1 aromatic rings. The van der Waals surface area contributed by atoms with Crippen LogP contribution in [-0.4, -0.2) is 41.6 Å². The molecule has 1 aromatic carbocycles. The fourth-order valence-corrected chi connectivity index (χ4v) is 1.96. The lowest BCUT2D eigenvalue weighted by molar-refractivity contribution is -0.136. The van der Waals surface area contributed by atoms with Gasteiger partial charge in [-0.05, 0) is 11.1 Å². The second-order valence-electron chi connectivity index (χ2n) is 4.35. The van der Waals surface area contributed by atoms with Crippen LogP contribution in [0.3, 0.4) is 0 Å². The lowest BCUT2D eigenvalue weighted by Crippen LogP contribution is -2.39. The maximum atomic E-state index is 11.8. The van der Waals surface area contributed by atoms with E-state index in [2.05, 4.69) is 5.32 Å². The standard InChI is InChI=1S/C14H16N2O3/c17-13(18)6-8-15-14(19)16-9-7-12(10-16)11-4-2-1-3-5-11/h1-5,7H,6,8-10H2,(H,15,19)(H,17,18). The quantitative estimate of drug-likeness (QED) is 0.863. The van der Waals surface area contributed by atoms with Crippen LogP contribution in [0.5, 0.6) is 0 Å². The molecule has 0 bridgehead atoms. The average Bonchev–Trinajstić information content (AvgIpc) is 2.89. The topological polar surface area (TPSA) is 69.6 Å². The van der Waals surface area contributed by atoms with Crippen LogP contribution < -0.4 is 5.32 Å². The van der Waals surface area contributed by atoms with Gasteiger partial charge in [0.05, 0.1) is 6.42 Å². The third-order valence-corrected chi connectivity index (χ3v) is 2.97. The Bertz CT molecular complexity index is 497. The fourth-order valence-electron chi connectivity index (χ4n) is 1.96. The van der Waals surface area contributed by atoms with Gasteiger partial charge >= 0.3 is 12.0 Å². The van der Waals surface area contributed by atoms with E-state index in [0.717, 1.165) is 11.1 Å². The molecule has 2 rings (SSSR count). The Hall–Kier alpha value is -2.30. The molecule has 1 heterocycles. The van der Waals surface area contributed by atoms with Gasteiger partial charge in [0, 0.05) is 19.6 Å². The number of amides is 2. The van der Waals surface area contributed by atoms with Gasteiger partial charge in [0.15, 0.2) is 0 Å². The van der Waals surface area contributed by atoms with Crippen molar-refractivity contribution in [1.82, 2.24) is 10.2 Å². The van der Waals surface area contributed by atoms with Crippen molar-refractivity contribution in [2.45, 2.75) is 6.42 Å². The molecule has 1 aliphatic heterocycles. The lowest BCUT2D eigenvalue weighted by Gasteiger charge is -2.17. The number of hydrogen-bond donors (Lipinski definition) is 2. The highest BCUT2D eigenvalue weighted by Crippen LogP contribution is 2.20. The maximum Gasteiger partial charge on any atom is 0.317 e. The van der Waals surface area contributed by atoms with Gasteiger partial charge in [-0.1, -0.05) is 36.4 Å². The van der Waals surface area contributed by atoms with E-state index in [9.17, 15) is 9.59 Å². The van der Waals surface area contributed by atoms with Crippen molar-refractivity contribution in [3.8, 4) is 0 Å². The van der Waals surface area contributed by atoms with Crippen molar-refractivity contribution in [1.29, 1.82) is 0 Å². The molecule has 0 unspecified atom stereocenters. The number of urea groups is 1. The van der Waals surface area contributed by atoms with E-state index in [4.69, 9.17) is 5.11 Å². The van der Waals surface area contributed by atoms with E-state index < -0.39 is 5.97 Å². The van der Waals surface area contributed by atoms with Crippen LogP contribution in [0.4, 0.5) is 4.79 Å². The Kier molecular flexibility index (Phi) is 4.18. The molecule has 0 aromatic heterocycles. The molecule has 2 amide bonds. The molecule has 0 radical (unpaired) electrons. The molecule has 0 aliphatic carbocycles. The number of nitrogens with one attached hydrogen (secondary N) is 1. The minimum absolute atomic E-state index is 0.0570. The molecule has 5 heteroatoms. The number of benzene rings is 1. The zero-order chi connectivity index (χ0) is 13.7. The van der Waals surface area contributed by atoms with Crippen LogP contribution in [0.25, 0.3) is 5.57 Å². The summed E-state index contributed by atoms with van der Waals surface area (Å²) in [5.41, 5.74) is 2.23. The zero-order valence-corrected chi connectivity index (χ0v) is 10.5. The first-order valence-corrected chi connectivity index (χ1v) is 6.16. The highest BCUT2D eigenvalue weighted by Gasteiger charge is 2.19. The lowest BCUT2D eigenvalue weighted by atomic mass is 10.1. The number of carbonyl (C=O) groups excluding carboxylic acids is 1. The average molecular weight is 260 g/mol. The van der Waals surface area contributed by atoms with Crippen LogP contribution in [0.1, 0.15) is 12.0 Å². The van der Waals surface area contributed by atoms with Gasteiger partial charge < -0.3 is 15.3 Å². The van der Waals surface area contributed by atoms with Gasteiger partial charge in [-0.15, -0.1) is 0 Å². The minimum atomic E-state index is -0.912. The normalized spacial score (nSPS) is 14.1. The molecule has 100 valence electrons. The largest absolute Gasteiger partial charge is 0.481 e. The minimum Gasteiger partial charge on any atom is -0.481 e. The Labute approximate surface area is 111 Å². The van der Waals surface area contributed by atoms with Gasteiger partial charge in [-0.2, -0.15) is 0 Å². The van der Waals surface area contributed by atoms with Crippen LogP contribution in [0, 0.1) is 0 Å². The second-order valence-corrected chi connectivity index (χ2v) is 4.35. The first-order chi connectivity index (χ1) is 9.16. The summed E-state index contributed by atoms with van der Waals surface area (Å²) in [4.78, 5) is 23.8. The smallest absolute Gasteiger partial charge is 0.317 e. The molecule has 0 spiro atoms. The zero-order valence-electron chi connectivity index (χ0n) is 10.5. The van der Waals surface area contributed by atoms with Gasteiger partial charge in [-0.25, -0.2) is 4.79 Å². The van der Waals surface area contributed by atoms with Crippen molar-refractivity contribution in [2.75, 3.05) is 19.6 Å². The Morgan fingerprint density at radius 3 is 2.68 bits per heavy atom. The van der Waals surface area contributed by atoms with E-state index >= 15 is 0 Å². The summed E-state index contributed by atoms with van der Waals surface area (Å²) in [5.74, 6) is -0.912. The third-order valence-electron chi connectivity index (χ3n) is 2.97. The van der Waals surface area contributed by atoms with Gasteiger partial charge in [0.25, 0.3) is 0 Å². The second kappa shape index (κ2) is 6.04. The van der Waals surface area contributed by atoms with Crippen LogP contribution in [-0.2, 0) is 4.79 Å². The Balaban J connectivity index is 1.84. The summed E-state index contributed by atoms with van der Waals surface area (Å²) in [5, 5.41) is 11.1. The highest BCUT2D eigenvalue weighted by atomic mass is 16.4.